The summed E-state index contributed by atoms with van der Waals surface area (Å²) in [7, 11) is 0. The van der Waals surface area contributed by atoms with E-state index in [0.717, 1.165) is 12.0 Å². The van der Waals surface area contributed by atoms with Crippen molar-refractivity contribution in [3.05, 3.63) is 29.6 Å². The molecule has 0 N–H and O–H groups in total. The predicted octanol–water partition coefficient (Wildman–Crippen LogP) is 1.12. The zero-order valence-corrected chi connectivity index (χ0v) is 9.48. The number of rotatable bonds is 2. The number of carbonyl (C=O) groups is 1. The summed E-state index contributed by atoms with van der Waals surface area (Å²) in [6.45, 7) is 4.64. The van der Waals surface area contributed by atoms with Crippen molar-refractivity contribution in [3.8, 4) is 0 Å². The molecule has 1 aromatic heterocycles. The summed E-state index contributed by atoms with van der Waals surface area (Å²) in [6.07, 6.45) is 2.62. The lowest BCUT2D eigenvalue weighted by atomic mass is 10.1. The van der Waals surface area contributed by atoms with Gasteiger partial charge in [-0.2, -0.15) is 0 Å². The Morgan fingerprint density at radius 3 is 2.94 bits per heavy atom. The molecule has 0 unspecified atom stereocenters. The number of nitrogens with zero attached hydrogens (tertiary/aromatic N) is 2. The highest BCUT2D eigenvalue weighted by molar-refractivity contribution is 5.92. The van der Waals surface area contributed by atoms with Gasteiger partial charge in [-0.05, 0) is 24.1 Å². The highest BCUT2D eigenvalue weighted by atomic mass is 16.5. The smallest absolute Gasteiger partial charge is 0.272 e. The summed E-state index contributed by atoms with van der Waals surface area (Å²) in [5.41, 5.74) is 1.69. The minimum atomic E-state index is 0.0126. The number of pyridine rings is 1. The Kier molecular flexibility index (Phi) is 3.51. The highest BCUT2D eigenvalue weighted by Crippen LogP contribution is 2.07. The van der Waals surface area contributed by atoms with Crippen LogP contribution in [0.15, 0.2) is 18.3 Å². The van der Waals surface area contributed by atoms with Crippen molar-refractivity contribution in [2.45, 2.75) is 13.3 Å². The van der Waals surface area contributed by atoms with Crippen molar-refractivity contribution in [1.82, 2.24) is 9.88 Å². The molecule has 0 bridgehead atoms. The van der Waals surface area contributed by atoms with Crippen LogP contribution in [-0.2, 0) is 11.2 Å². The molecule has 0 atom stereocenters. The van der Waals surface area contributed by atoms with Gasteiger partial charge in [0.05, 0.1) is 13.2 Å². The Balaban J connectivity index is 2.12. The van der Waals surface area contributed by atoms with Gasteiger partial charge in [0.1, 0.15) is 5.69 Å². The predicted molar refractivity (Wildman–Crippen MR) is 60.3 cm³/mol. The molecule has 1 fully saturated rings. The second-order valence-corrected chi connectivity index (χ2v) is 3.81. The van der Waals surface area contributed by atoms with Crippen LogP contribution in [-0.4, -0.2) is 42.1 Å². The van der Waals surface area contributed by atoms with E-state index in [1.165, 1.54) is 0 Å². The fourth-order valence-corrected chi connectivity index (χ4v) is 1.74. The van der Waals surface area contributed by atoms with Crippen molar-refractivity contribution in [1.29, 1.82) is 0 Å². The monoisotopic (exact) mass is 220 g/mol. The van der Waals surface area contributed by atoms with Crippen LogP contribution in [0.4, 0.5) is 0 Å². The molecule has 16 heavy (non-hydrogen) atoms. The third-order valence-electron chi connectivity index (χ3n) is 2.75. The maximum Gasteiger partial charge on any atom is 0.272 e. The first-order valence-corrected chi connectivity index (χ1v) is 5.63. The van der Waals surface area contributed by atoms with E-state index in [9.17, 15) is 4.79 Å². The minimum absolute atomic E-state index is 0.0126. The van der Waals surface area contributed by atoms with E-state index in [1.54, 1.807) is 11.1 Å². The molecule has 2 heterocycles. The van der Waals surface area contributed by atoms with Gasteiger partial charge in [0.15, 0.2) is 0 Å². The van der Waals surface area contributed by atoms with Crippen LogP contribution >= 0.6 is 0 Å². The zero-order chi connectivity index (χ0) is 11.4. The molecule has 86 valence electrons. The molecule has 4 heteroatoms. The first-order valence-electron chi connectivity index (χ1n) is 5.63. The Morgan fingerprint density at radius 2 is 2.25 bits per heavy atom. The van der Waals surface area contributed by atoms with Crippen LogP contribution in [0.25, 0.3) is 0 Å². The summed E-state index contributed by atoms with van der Waals surface area (Å²) >= 11 is 0. The van der Waals surface area contributed by atoms with E-state index in [-0.39, 0.29) is 5.91 Å². The molecule has 2 rings (SSSR count). The lowest BCUT2D eigenvalue weighted by molar-refractivity contribution is 0.0299. The molecule has 0 radical (unpaired) electrons. The number of morpholine rings is 1. The number of hydrogen-bond donors (Lipinski definition) is 0. The zero-order valence-electron chi connectivity index (χ0n) is 9.48. The first kappa shape index (κ1) is 11.1. The van der Waals surface area contributed by atoms with Crippen molar-refractivity contribution in [2.24, 2.45) is 0 Å². The summed E-state index contributed by atoms with van der Waals surface area (Å²) in [5, 5.41) is 0. The molecule has 1 aliphatic rings. The lowest BCUT2D eigenvalue weighted by Crippen LogP contribution is -2.41. The average molecular weight is 220 g/mol. The number of amides is 1. The molecular weight excluding hydrogens is 204 g/mol. The van der Waals surface area contributed by atoms with Crippen LogP contribution in [0.2, 0.25) is 0 Å². The van der Waals surface area contributed by atoms with E-state index in [0.29, 0.717) is 32.0 Å². The van der Waals surface area contributed by atoms with Gasteiger partial charge in [0, 0.05) is 19.3 Å². The van der Waals surface area contributed by atoms with Gasteiger partial charge in [0.25, 0.3) is 5.91 Å². The van der Waals surface area contributed by atoms with Crippen molar-refractivity contribution in [3.63, 3.8) is 0 Å². The maximum atomic E-state index is 12.1. The van der Waals surface area contributed by atoms with Gasteiger partial charge in [-0.1, -0.05) is 6.92 Å². The molecule has 1 aromatic rings. The molecule has 0 aliphatic carbocycles. The van der Waals surface area contributed by atoms with Crippen molar-refractivity contribution in [2.75, 3.05) is 26.3 Å². The maximum absolute atomic E-state index is 12.1. The van der Waals surface area contributed by atoms with Gasteiger partial charge >= 0.3 is 0 Å². The van der Waals surface area contributed by atoms with E-state index >= 15 is 0 Å². The fraction of sp³-hybridized carbons (Fsp3) is 0.500. The van der Waals surface area contributed by atoms with Crippen LogP contribution in [0.1, 0.15) is 23.0 Å². The number of aromatic nitrogens is 1. The number of aryl methyl sites for hydroxylation is 1. The Morgan fingerprint density at radius 1 is 1.50 bits per heavy atom. The molecule has 1 amide bonds. The Labute approximate surface area is 95.2 Å². The van der Waals surface area contributed by atoms with Crippen molar-refractivity contribution >= 4 is 5.91 Å². The van der Waals surface area contributed by atoms with E-state index in [2.05, 4.69) is 11.9 Å². The average Bonchev–Trinajstić information content (AvgIpc) is 2.39. The summed E-state index contributed by atoms with van der Waals surface area (Å²) < 4.78 is 5.22. The van der Waals surface area contributed by atoms with Crippen molar-refractivity contribution < 1.29 is 9.53 Å². The van der Waals surface area contributed by atoms with Gasteiger partial charge in [0.2, 0.25) is 0 Å². The lowest BCUT2D eigenvalue weighted by Gasteiger charge is -2.26. The summed E-state index contributed by atoms with van der Waals surface area (Å²) in [4.78, 5) is 18.0. The molecule has 0 aromatic carbocycles. The van der Waals surface area contributed by atoms with Gasteiger partial charge in [-0.25, -0.2) is 0 Å². The van der Waals surface area contributed by atoms with Crippen LogP contribution in [0, 0.1) is 0 Å². The number of hydrogen-bond acceptors (Lipinski definition) is 3. The van der Waals surface area contributed by atoms with E-state index < -0.39 is 0 Å². The summed E-state index contributed by atoms with van der Waals surface area (Å²) in [5.74, 6) is 0.0126. The van der Waals surface area contributed by atoms with Gasteiger partial charge < -0.3 is 9.64 Å². The molecular formula is C12H16N2O2. The molecule has 1 aliphatic heterocycles. The van der Waals surface area contributed by atoms with E-state index in [4.69, 9.17) is 4.74 Å². The second-order valence-electron chi connectivity index (χ2n) is 3.81. The highest BCUT2D eigenvalue weighted by Gasteiger charge is 2.19. The van der Waals surface area contributed by atoms with Crippen LogP contribution in [0.5, 0.6) is 0 Å². The number of ether oxygens (including phenoxy) is 1. The summed E-state index contributed by atoms with van der Waals surface area (Å²) in [6, 6.07) is 3.81. The molecule has 1 saturated heterocycles. The Hall–Kier alpha value is -1.42. The normalized spacial score (nSPS) is 16.2. The fourth-order valence-electron chi connectivity index (χ4n) is 1.74. The molecule has 0 spiro atoms. The third-order valence-corrected chi connectivity index (χ3v) is 2.75. The standard InChI is InChI=1S/C12H16N2O2/c1-2-10-3-4-13-11(9-10)12(15)14-5-7-16-8-6-14/h3-4,9H,2,5-8H2,1H3. The topological polar surface area (TPSA) is 42.4 Å². The number of carbonyl (C=O) groups excluding carboxylic acids is 1. The van der Waals surface area contributed by atoms with Crippen LogP contribution in [0.3, 0.4) is 0 Å². The SMILES string of the molecule is CCc1ccnc(C(=O)N2CCOCC2)c1. The molecule has 0 saturated carbocycles. The second kappa shape index (κ2) is 5.07. The largest absolute Gasteiger partial charge is 0.378 e. The quantitative estimate of drug-likeness (QED) is 0.750. The Bertz CT molecular complexity index is 373. The minimum Gasteiger partial charge on any atom is -0.378 e. The van der Waals surface area contributed by atoms with E-state index in [1.807, 2.05) is 12.1 Å². The molecule has 4 nitrogen and oxygen atoms in total. The van der Waals surface area contributed by atoms with Gasteiger partial charge in [-0.15, -0.1) is 0 Å². The van der Waals surface area contributed by atoms with Crippen LogP contribution < -0.4 is 0 Å². The first-order chi connectivity index (χ1) is 7.81. The van der Waals surface area contributed by atoms with Gasteiger partial charge in [-0.3, -0.25) is 9.78 Å². The third kappa shape index (κ3) is 2.39.